The number of nitrogens with one attached hydrogen (secondary N) is 1. The minimum Gasteiger partial charge on any atom is -0.330 e. The van der Waals surface area contributed by atoms with E-state index in [-0.39, 0.29) is 5.56 Å². The van der Waals surface area contributed by atoms with Crippen LogP contribution in [0.4, 0.5) is 10.8 Å². The first-order valence-electron chi connectivity index (χ1n) is 8.96. The lowest BCUT2D eigenvalue weighted by Crippen LogP contribution is -2.13. The van der Waals surface area contributed by atoms with Crippen molar-refractivity contribution < 1.29 is 0 Å². The number of aryl methyl sites for hydroxylation is 1. The van der Waals surface area contributed by atoms with E-state index in [4.69, 9.17) is 11.6 Å². The van der Waals surface area contributed by atoms with E-state index < -0.39 is 0 Å². The Labute approximate surface area is 188 Å². The zero-order valence-electron chi connectivity index (χ0n) is 15.6. The molecule has 6 nitrogen and oxygen atoms in total. The fourth-order valence-electron chi connectivity index (χ4n) is 2.95. The normalized spacial score (nSPS) is 11.4. The van der Waals surface area contributed by atoms with Crippen molar-refractivity contribution in [2.45, 2.75) is 17.0 Å². The molecule has 0 saturated carbocycles. The van der Waals surface area contributed by atoms with Gasteiger partial charge in [0.2, 0.25) is 5.13 Å². The Kier molecular flexibility index (Phi) is 5.20. The van der Waals surface area contributed by atoms with Crippen LogP contribution < -0.4 is 10.9 Å². The number of para-hydroxylation sites is 1. The van der Waals surface area contributed by atoms with Crippen LogP contribution in [-0.2, 0) is 5.75 Å². The minimum absolute atomic E-state index is 0.0658. The summed E-state index contributed by atoms with van der Waals surface area (Å²) >= 11 is 10.6. The summed E-state index contributed by atoms with van der Waals surface area (Å²) in [6.07, 6.45) is 0. The maximum atomic E-state index is 12.6. The number of hydrogen-bond donors (Lipinski definition) is 1. The first kappa shape index (κ1) is 19.5. The molecule has 0 radical (unpaired) electrons. The first-order chi connectivity index (χ1) is 14.6. The van der Waals surface area contributed by atoms with E-state index >= 15 is 0 Å². The fourth-order valence-corrected chi connectivity index (χ4v) is 5.84. The number of thioether (sulfide) groups is 1. The van der Waals surface area contributed by atoms with Gasteiger partial charge in [-0.1, -0.05) is 64.2 Å². The molecule has 0 unspecified atom stereocenters. The quantitative estimate of drug-likeness (QED) is 0.328. The maximum absolute atomic E-state index is 12.6. The molecular weight excluding hydrogens is 458 g/mol. The van der Waals surface area contributed by atoms with E-state index in [0.29, 0.717) is 20.9 Å². The standard InChI is InChI=1S/C20H14ClN5OS3/c1-11-6-7-12(8-14(11)21)22-18-24-25-20(30-18)28-10-13-9-17(27)26-15-4-2-3-5-16(15)29-19(26)23-13/h2-9H,10H2,1H3,(H,22,24). The molecule has 5 aromatic rings. The van der Waals surface area contributed by atoms with Crippen LogP contribution in [0.25, 0.3) is 15.2 Å². The first-order valence-corrected chi connectivity index (χ1v) is 12.0. The van der Waals surface area contributed by atoms with Gasteiger partial charge in [-0.05, 0) is 36.8 Å². The molecule has 0 amide bonds. The van der Waals surface area contributed by atoms with Crippen molar-refractivity contribution in [3.05, 3.63) is 75.2 Å². The highest BCUT2D eigenvalue weighted by molar-refractivity contribution is 8.00. The predicted molar refractivity (Wildman–Crippen MR) is 126 cm³/mol. The van der Waals surface area contributed by atoms with Gasteiger partial charge in [-0.25, -0.2) is 4.98 Å². The largest absolute Gasteiger partial charge is 0.330 e. The molecule has 1 N–H and O–H groups in total. The molecule has 150 valence electrons. The molecule has 0 saturated heterocycles. The van der Waals surface area contributed by atoms with Gasteiger partial charge in [-0.15, -0.1) is 10.2 Å². The third-order valence-corrected chi connectivity index (χ3v) is 7.86. The molecule has 0 fully saturated rings. The van der Waals surface area contributed by atoms with Gasteiger partial charge in [-0.3, -0.25) is 9.20 Å². The van der Waals surface area contributed by atoms with Crippen LogP contribution in [0, 0.1) is 6.92 Å². The van der Waals surface area contributed by atoms with Gasteiger partial charge in [0.1, 0.15) is 0 Å². The molecule has 3 aromatic heterocycles. The molecule has 0 aliphatic rings. The molecule has 0 atom stereocenters. The number of nitrogens with zero attached hydrogens (tertiary/aromatic N) is 4. The number of halogens is 1. The highest BCUT2D eigenvalue weighted by Crippen LogP contribution is 2.31. The van der Waals surface area contributed by atoms with Crippen molar-refractivity contribution in [2.24, 2.45) is 0 Å². The van der Waals surface area contributed by atoms with Crippen LogP contribution in [-0.4, -0.2) is 19.6 Å². The lowest BCUT2D eigenvalue weighted by molar-refractivity contribution is 1.01. The van der Waals surface area contributed by atoms with Crippen LogP contribution in [0.15, 0.2) is 57.7 Å². The van der Waals surface area contributed by atoms with Gasteiger partial charge >= 0.3 is 0 Å². The lowest BCUT2D eigenvalue weighted by Gasteiger charge is -2.03. The van der Waals surface area contributed by atoms with Gasteiger partial charge in [-0.2, -0.15) is 0 Å². The smallest absolute Gasteiger partial charge is 0.259 e. The number of benzene rings is 2. The molecule has 0 aliphatic heterocycles. The third-order valence-electron chi connectivity index (χ3n) is 4.42. The van der Waals surface area contributed by atoms with Crippen molar-refractivity contribution in [3.8, 4) is 0 Å². The molecule has 10 heteroatoms. The number of anilines is 2. The molecule has 0 aliphatic carbocycles. The number of fused-ring (bicyclic) bond motifs is 3. The number of hydrogen-bond acceptors (Lipinski definition) is 8. The average Bonchev–Trinajstić information content (AvgIpc) is 3.33. The molecule has 30 heavy (non-hydrogen) atoms. The summed E-state index contributed by atoms with van der Waals surface area (Å²) < 4.78 is 3.51. The summed E-state index contributed by atoms with van der Waals surface area (Å²) in [6, 6.07) is 15.2. The van der Waals surface area contributed by atoms with Crippen molar-refractivity contribution in [2.75, 3.05) is 5.32 Å². The second kappa shape index (κ2) is 7.99. The summed E-state index contributed by atoms with van der Waals surface area (Å²) in [6.45, 7) is 1.96. The van der Waals surface area contributed by atoms with Crippen molar-refractivity contribution in [1.82, 2.24) is 19.6 Å². The Bertz CT molecular complexity index is 1440. The van der Waals surface area contributed by atoms with Gasteiger partial charge in [0.25, 0.3) is 5.56 Å². The minimum atomic E-state index is -0.0658. The summed E-state index contributed by atoms with van der Waals surface area (Å²) in [4.78, 5) is 18.0. The molecule has 2 aromatic carbocycles. The van der Waals surface area contributed by atoms with Crippen LogP contribution in [0.2, 0.25) is 5.02 Å². The summed E-state index contributed by atoms with van der Waals surface area (Å²) in [5, 5.41) is 13.0. The Hall–Kier alpha value is -2.46. The number of rotatable bonds is 5. The van der Waals surface area contributed by atoms with Crippen molar-refractivity contribution in [1.29, 1.82) is 0 Å². The zero-order valence-corrected chi connectivity index (χ0v) is 18.8. The van der Waals surface area contributed by atoms with Gasteiger partial charge in [0, 0.05) is 22.5 Å². The second-order valence-electron chi connectivity index (χ2n) is 6.52. The predicted octanol–water partition coefficient (Wildman–Crippen LogP) is 5.76. The van der Waals surface area contributed by atoms with Gasteiger partial charge in [0.05, 0.1) is 15.9 Å². The van der Waals surface area contributed by atoms with E-state index in [0.717, 1.165) is 31.5 Å². The van der Waals surface area contributed by atoms with Gasteiger partial charge in [0.15, 0.2) is 9.30 Å². The third kappa shape index (κ3) is 3.81. The Morgan fingerprint density at radius 3 is 2.87 bits per heavy atom. The van der Waals surface area contributed by atoms with Crippen LogP contribution in [0.5, 0.6) is 0 Å². The molecule has 3 heterocycles. The highest BCUT2D eigenvalue weighted by Gasteiger charge is 2.11. The van der Waals surface area contributed by atoms with E-state index in [9.17, 15) is 4.79 Å². The topological polar surface area (TPSA) is 72.2 Å². The SMILES string of the molecule is Cc1ccc(Nc2nnc(SCc3cc(=O)n4c(n3)sc3ccccc34)s2)cc1Cl. The monoisotopic (exact) mass is 471 g/mol. The molecular formula is C20H14ClN5OS3. The Balaban J connectivity index is 1.32. The summed E-state index contributed by atoms with van der Waals surface area (Å²) in [5.74, 6) is 0.547. The van der Waals surface area contributed by atoms with Crippen molar-refractivity contribution in [3.63, 3.8) is 0 Å². The van der Waals surface area contributed by atoms with E-state index in [2.05, 4.69) is 20.5 Å². The van der Waals surface area contributed by atoms with E-state index in [1.807, 2.05) is 49.4 Å². The number of thiazole rings is 1. The Morgan fingerprint density at radius 2 is 2.00 bits per heavy atom. The molecule has 0 bridgehead atoms. The van der Waals surface area contributed by atoms with Crippen LogP contribution >= 0.6 is 46.0 Å². The highest BCUT2D eigenvalue weighted by atomic mass is 35.5. The van der Waals surface area contributed by atoms with Crippen LogP contribution in [0.1, 0.15) is 11.3 Å². The maximum Gasteiger partial charge on any atom is 0.259 e. The van der Waals surface area contributed by atoms with Crippen molar-refractivity contribution >= 4 is 72.0 Å². The molecule has 5 rings (SSSR count). The van der Waals surface area contributed by atoms with Gasteiger partial charge < -0.3 is 5.32 Å². The van der Waals surface area contributed by atoms with Crippen LogP contribution in [0.3, 0.4) is 0 Å². The average molecular weight is 472 g/mol. The summed E-state index contributed by atoms with van der Waals surface area (Å²) in [5.41, 5.74) is 3.44. The van der Waals surface area contributed by atoms with E-state index in [1.165, 1.54) is 34.4 Å². The molecule has 0 spiro atoms. The Morgan fingerprint density at radius 1 is 1.13 bits per heavy atom. The second-order valence-corrected chi connectivity index (χ2v) is 10.1. The summed E-state index contributed by atoms with van der Waals surface area (Å²) in [7, 11) is 0. The zero-order chi connectivity index (χ0) is 20.7. The fraction of sp³-hybridized carbons (Fsp3) is 0.100. The van der Waals surface area contributed by atoms with E-state index in [1.54, 1.807) is 10.5 Å². The number of aromatic nitrogens is 4. The lowest BCUT2D eigenvalue weighted by atomic mass is 10.2.